The van der Waals surface area contributed by atoms with E-state index in [0.29, 0.717) is 47.5 Å². The van der Waals surface area contributed by atoms with Gasteiger partial charge in [-0.25, -0.2) is 9.78 Å². The number of halogens is 1. The number of carboxylic acids is 1. The van der Waals surface area contributed by atoms with Gasteiger partial charge in [0.05, 0.1) is 5.41 Å². The highest BCUT2D eigenvalue weighted by molar-refractivity contribution is 6.30. The monoisotopic (exact) mass is 482 g/mol. The second kappa shape index (κ2) is 9.50. The maximum atomic E-state index is 13.3. The number of aromatic nitrogens is 1. The van der Waals surface area contributed by atoms with E-state index in [1.54, 1.807) is 12.1 Å². The molecule has 0 radical (unpaired) electrons. The summed E-state index contributed by atoms with van der Waals surface area (Å²) in [6, 6.07) is 13.8. The average molecular weight is 483 g/mol. The normalized spacial score (nSPS) is 16.0. The highest BCUT2D eigenvalue weighted by atomic mass is 35.5. The quantitative estimate of drug-likeness (QED) is 0.495. The van der Waals surface area contributed by atoms with Crippen molar-refractivity contribution >= 4 is 23.5 Å². The lowest BCUT2D eigenvalue weighted by atomic mass is 9.83. The summed E-state index contributed by atoms with van der Waals surface area (Å²) < 4.78 is 11.8. The van der Waals surface area contributed by atoms with E-state index in [-0.39, 0.29) is 12.5 Å². The zero-order chi connectivity index (χ0) is 24.5. The number of aliphatic carboxylic acids is 1. The van der Waals surface area contributed by atoms with Crippen LogP contribution in [-0.4, -0.2) is 39.5 Å². The van der Waals surface area contributed by atoms with E-state index in [1.165, 1.54) is 4.90 Å². The number of likely N-dealkylation sites (tertiary alicyclic amines) is 1. The Labute approximate surface area is 203 Å². The molecule has 1 atom stereocenters. The summed E-state index contributed by atoms with van der Waals surface area (Å²) in [7, 11) is 0. The SMILES string of the molecule is Cc1oc(-c2ccc(Cl)cc2)nc1COc1cccc(C(C)(C)C(=O)N2CCC[C@@H]2C(=O)O)c1. The molecule has 0 unspecified atom stereocenters. The molecule has 7 nitrogen and oxygen atoms in total. The maximum absolute atomic E-state index is 13.3. The van der Waals surface area contributed by atoms with E-state index in [4.69, 9.17) is 20.8 Å². The summed E-state index contributed by atoms with van der Waals surface area (Å²) in [6.45, 7) is 6.11. The van der Waals surface area contributed by atoms with Gasteiger partial charge in [0.1, 0.15) is 29.9 Å². The van der Waals surface area contributed by atoms with Gasteiger partial charge in [0.25, 0.3) is 0 Å². The lowest BCUT2D eigenvalue weighted by Crippen LogP contribution is -2.48. The fourth-order valence-corrected chi connectivity index (χ4v) is 4.28. The number of ether oxygens (including phenoxy) is 1. The van der Waals surface area contributed by atoms with Crippen LogP contribution in [0.5, 0.6) is 5.75 Å². The zero-order valence-electron chi connectivity index (χ0n) is 19.4. The van der Waals surface area contributed by atoms with Crippen LogP contribution >= 0.6 is 11.6 Å². The van der Waals surface area contributed by atoms with E-state index < -0.39 is 17.4 Å². The molecule has 1 N–H and O–H groups in total. The van der Waals surface area contributed by atoms with Crippen LogP contribution in [-0.2, 0) is 21.6 Å². The fraction of sp³-hybridized carbons (Fsp3) is 0.346. The second-order valence-electron chi connectivity index (χ2n) is 8.97. The number of carboxylic acid groups (broad SMARTS) is 1. The molecule has 1 saturated heterocycles. The van der Waals surface area contributed by atoms with Crippen molar-refractivity contribution in [1.29, 1.82) is 0 Å². The molecule has 34 heavy (non-hydrogen) atoms. The molecule has 1 aromatic heterocycles. The van der Waals surface area contributed by atoms with Gasteiger partial charge in [-0.3, -0.25) is 4.79 Å². The number of benzene rings is 2. The van der Waals surface area contributed by atoms with Crippen molar-refractivity contribution in [2.24, 2.45) is 0 Å². The Morgan fingerprint density at radius 1 is 1.24 bits per heavy atom. The Morgan fingerprint density at radius 3 is 2.68 bits per heavy atom. The molecule has 2 aromatic carbocycles. The highest BCUT2D eigenvalue weighted by Gasteiger charge is 2.41. The number of carbonyl (C=O) groups is 2. The van der Waals surface area contributed by atoms with E-state index in [0.717, 1.165) is 11.1 Å². The summed E-state index contributed by atoms with van der Waals surface area (Å²) in [5.41, 5.74) is 1.35. The molecule has 4 rings (SSSR count). The number of oxazole rings is 1. The molecule has 0 aliphatic carbocycles. The predicted octanol–water partition coefficient (Wildman–Crippen LogP) is 5.24. The van der Waals surface area contributed by atoms with E-state index in [1.807, 2.05) is 57.2 Å². The Kier molecular flexibility index (Phi) is 6.66. The second-order valence-corrected chi connectivity index (χ2v) is 9.40. The van der Waals surface area contributed by atoms with Crippen LogP contribution in [0.25, 0.3) is 11.5 Å². The van der Waals surface area contributed by atoms with Gasteiger partial charge >= 0.3 is 5.97 Å². The number of amides is 1. The molecule has 0 bridgehead atoms. The lowest BCUT2D eigenvalue weighted by molar-refractivity contribution is -0.150. The van der Waals surface area contributed by atoms with Gasteiger partial charge in [-0.15, -0.1) is 0 Å². The molecule has 1 fully saturated rings. The van der Waals surface area contributed by atoms with Gasteiger partial charge in [-0.1, -0.05) is 23.7 Å². The Hall–Kier alpha value is -3.32. The van der Waals surface area contributed by atoms with Gasteiger partial charge in [0.15, 0.2) is 0 Å². The number of rotatable bonds is 7. The molecule has 1 amide bonds. The third-order valence-electron chi connectivity index (χ3n) is 6.25. The highest BCUT2D eigenvalue weighted by Crippen LogP contribution is 2.32. The summed E-state index contributed by atoms with van der Waals surface area (Å²) in [4.78, 5) is 30.9. The van der Waals surface area contributed by atoms with Crippen molar-refractivity contribution < 1.29 is 23.8 Å². The standard InChI is InChI=1S/C26H27ClN2O5/c1-16-21(28-23(34-16)17-9-11-19(27)12-10-17)15-33-20-7-4-6-18(14-20)26(2,3)25(32)29-13-5-8-22(29)24(30)31/h4,6-7,9-12,14,22H,5,8,13,15H2,1-3H3,(H,30,31)/t22-/m1/s1. The lowest BCUT2D eigenvalue weighted by Gasteiger charge is -2.32. The first-order valence-electron chi connectivity index (χ1n) is 11.2. The number of aryl methyl sites for hydroxylation is 1. The van der Waals surface area contributed by atoms with Crippen LogP contribution in [0, 0.1) is 6.92 Å². The first kappa shape index (κ1) is 23.8. The Bertz CT molecular complexity index is 1200. The minimum absolute atomic E-state index is 0.200. The molecule has 0 saturated carbocycles. The number of hydrogen-bond acceptors (Lipinski definition) is 5. The molecular formula is C26H27ClN2O5. The summed E-state index contributed by atoms with van der Waals surface area (Å²) in [6.07, 6.45) is 1.17. The van der Waals surface area contributed by atoms with Crippen LogP contribution < -0.4 is 4.74 Å². The smallest absolute Gasteiger partial charge is 0.326 e. The van der Waals surface area contributed by atoms with Crippen molar-refractivity contribution in [1.82, 2.24) is 9.88 Å². The van der Waals surface area contributed by atoms with Crippen molar-refractivity contribution in [3.8, 4) is 17.2 Å². The molecule has 3 aromatic rings. The van der Waals surface area contributed by atoms with Gasteiger partial charge in [-0.2, -0.15) is 0 Å². The molecule has 8 heteroatoms. The molecular weight excluding hydrogens is 456 g/mol. The van der Waals surface area contributed by atoms with Crippen LogP contribution in [0.1, 0.15) is 43.7 Å². The van der Waals surface area contributed by atoms with Gasteiger partial charge < -0.3 is 19.2 Å². The van der Waals surface area contributed by atoms with Gasteiger partial charge in [0, 0.05) is 17.1 Å². The molecule has 0 spiro atoms. The summed E-state index contributed by atoms with van der Waals surface area (Å²) >= 11 is 5.95. The van der Waals surface area contributed by atoms with Crippen LogP contribution in [0.15, 0.2) is 52.9 Å². The molecule has 178 valence electrons. The maximum Gasteiger partial charge on any atom is 0.326 e. The van der Waals surface area contributed by atoms with Crippen molar-refractivity contribution in [3.05, 3.63) is 70.6 Å². The minimum Gasteiger partial charge on any atom is -0.487 e. The Balaban J connectivity index is 1.48. The first-order valence-corrected chi connectivity index (χ1v) is 11.5. The molecule has 2 heterocycles. The van der Waals surface area contributed by atoms with Crippen LogP contribution in [0.4, 0.5) is 0 Å². The topological polar surface area (TPSA) is 92.9 Å². The molecule has 1 aliphatic rings. The van der Waals surface area contributed by atoms with E-state index >= 15 is 0 Å². The van der Waals surface area contributed by atoms with Crippen LogP contribution in [0.2, 0.25) is 5.02 Å². The van der Waals surface area contributed by atoms with Gasteiger partial charge in [-0.05, 0) is 75.6 Å². The van der Waals surface area contributed by atoms with Crippen molar-refractivity contribution in [2.45, 2.75) is 51.7 Å². The van der Waals surface area contributed by atoms with Crippen LogP contribution in [0.3, 0.4) is 0 Å². The summed E-state index contributed by atoms with van der Waals surface area (Å²) in [5.74, 6) is 0.580. The summed E-state index contributed by atoms with van der Waals surface area (Å²) in [5, 5.41) is 10.1. The largest absolute Gasteiger partial charge is 0.487 e. The van der Waals surface area contributed by atoms with Crippen molar-refractivity contribution in [2.75, 3.05) is 6.54 Å². The minimum atomic E-state index is -0.959. The van der Waals surface area contributed by atoms with E-state index in [2.05, 4.69) is 4.98 Å². The zero-order valence-corrected chi connectivity index (χ0v) is 20.1. The first-order chi connectivity index (χ1) is 16.2. The number of carbonyl (C=O) groups excluding carboxylic acids is 1. The third kappa shape index (κ3) is 4.80. The van der Waals surface area contributed by atoms with E-state index in [9.17, 15) is 14.7 Å². The number of hydrogen-bond donors (Lipinski definition) is 1. The average Bonchev–Trinajstić information content (AvgIpc) is 3.45. The fourth-order valence-electron chi connectivity index (χ4n) is 4.15. The predicted molar refractivity (Wildman–Crippen MR) is 128 cm³/mol. The Morgan fingerprint density at radius 2 is 1.97 bits per heavy atom. The molecule has 1 aliphatic heterocycles. The van der Waals surface area contributed by atoms with Crippen molar-refractivity contribution in [3.63, 3.8) is 0 Å². The number of nitrogens with zero attached hydrogens (tertiary/aromatic N) is 2. The third-order valence-corrected chi connectivity index (χ3v) is 6.50. The van der Waals surface area contributed by atoms with Gasteiger partial charge in [0.2, 0.25) is 11.8 Å².